The second-order valence-electron chi connectivity index (χ2n) is 6.46. The summed E-state index contributed by atoms with van der Waals surface area (Å²) in [5.41, 5.74) is 0.981. The third-order valence-electron chi connectivity index (χ3n) is 4.33. The summed E-state index contributed by atoms with van der Waals surface area (Å²) in [7, 11) is 0. The lowest BCUT2D eigenvalue weighted by molar-refractivity contribution is -0.0510. The summed E-state index contributed by atoms with van der Waals surface area (Å²) in [6.07, 6.45) is 7.50. The quantitative estimate of drug-likeness (QED) is 0.902. The Hall–Kier alpha value is -1.79. The first-order chi connectivity index (χ1) is 11.6. The summed E-state index contributed by atoms with van der Waals surface area (Å²) in [5.74, 6) is 0.796. The van der Waals surface area contributed by atoms with Gasteiger partial charge in [0.2, 0.25) is 0 Å². The van der Waals surface area contributed by atoms with Crippen LogP contribution < -0.4 is 5.32 Å². The Kier molecular flexibility index (Phi) is 5.58. The van der Waals surface area contributed by atoms with E-state index in [4.69, 9.17) is 4.74 Å². The molecule has 0 aliphatic carbocycles. The lowest BCUT2D eigenvalue weighted by atomic mass is 9.87. The molecule has 3 rings (SSSR count). The first-order valence-electron chi connectivity index (χ1n) is 8.41. The Morgan fingerprint density at radius 3 is 2.96 bits per heavy atom. The molecule has 1 saturated heterocycles. The highest BCUT2D eigenvalue weighted by Gasteiger charge is 2.28. The molecule has 5 nitrogen and oxygen atoms in total. The van der Waals surface area contributed by atoms with Crippen LogP contribution in [0, 0.1) is 11.8 Å². The van der Waals surface area contributed by atoms with Crippen LogP contribution in [0.25, 0.3) is 10.6 Å². The molecule has 0 unspecified atom stereocenters. The van der Waals surface area contributed by atoms with Gasteiger partial charge in [-0.05, 0) is 30.9 Å². The molecule has 0 aromatic carbocycles. The van der Waals surface area contributed by atoms with Crippen LogP contribution in [-0.2, 0) is 4.74 Å². The number of thiazole rings is 1. The largest absolute Gasteiger partial charge is 0.378 e. The minimum absolute atomic E-state index is 0.0547. The maximum atomic E-state index is 12.4. The van der Waals surface area contributed by atoms with E-state index in [0.29, 0.717) is 23.3 Å². The molecule has 3 heterocycles. The molecule has 128 valence electrons. The smallest absolute Gasteiger partial charge is 0.263 e. The molecule has 2 aromatic rings. The average Bonchev–Trinajstić information content (AvgIpc) is 3.11. The molecule has 0 radical (unpaired) electrons. The monoisotopic (exact) mass is 345 g/mol. The molecule has 1 aliphatic heterocycles. The Morgan fingerprint density at radius 1 is 1.42 bits per heavy atom. The lowest BCUT2D eigenvalue weighted by Crippen LogP contribution is -2.41. The summed E-state index contributed by atoms with van der Waals surface area (Å²) in [6.45, 7) is 5.84. The molecule has 2 atom stereocenters. The zero-order valence-electron chi connectivity index (χ0n) is 14.1. The van der Waals surface area contributed by atoms with Crippen molar-refractivity contribution in [1.29, 1.82) is 0 Å². The van der Waals surface area contributed by atoms with E-state index in [1.165, 1.54) is 11.3 Å². The second kappa shape index (κ2) is 7.85. The predicted octanol–water partition coefficient (Wildman–Crippen LogP) is 3.39. The number of aromatic nitrogens is 2. The van der Waals surface area contributed by atoms with Crippen molar-refractivity contribution in [2.75, 3.05) is 13.2 Å². The first-order valence-corrected chi connectivity index (χ1v) is 9.23. The van der Waals surface area contributed by atoms with Crippen molar-refractivity contribution in [2.24, 2.45) is 11.8 Å². The van der Waals surface area contributed by atoms with Gasteiger partial charge in [-0.3, -0.25) is 9.78 Å². The van der Waals surface area contributed by atoms with Crippen LogP contribution in [0.2, 0.25) is 0 Å². The Balaban J connectivity index is 1.60. The van der Waals surface area contributed by atoms with Gasteiger partial charge in [-0.2, -0.15) is 0 Å². The van der Waals surface area contributed by atoms with Gasteiger partial charge >= 0.3 is 0 Å². The van der Waals surface area contributed by atoms with Crippen LogP contribution in [0.3, 0.4) is 0 Å². The van der Waals surface area contributed by atoms with Crippen molar-refractivity contribution in [3.63, 3.8) is 0 Å². The molecule has 1 amide bonds. The molecule has 0 saturated carbocycles. The fourth-order valence-electron chi connectivity index (χ4n) is 3.14. The van der Waals surface area contributed by atoms with Crippen LogP contribution in [0.5, 0.6) is 0 Å². The van der Waals surface area contributed by atoms with E-state index >= 15 is 0 Å². The number of pyridine rings is 1. The van der Waals surface area contributed by atoms with Gasteiger partial charge in [0.25, 0.3) is 5.91 Å². The molecule has 2 aromatic heterocycles. The summed E-state index contributed by atoms with van der Waals surface area (Å²) in [4.78, 5) is 21.4. The van der Waals surface area contributed by atoms with E-state index in [-0.39, 0.29) is 12.0 Å². The number of hydrogen-bond acceptors (Lipinski definition) is 5. The van der Waals surface area contributed by atoms with Crippen molar-refractivity contribution >= 4 is 17.2 Å². The molecule has 1 N–H and O–H groups in total. The van der Waals surface area contributed by atoms with Crippen LogP contribution in [0.15, 0.2) is 30.7 Å². The fraction of sp³-hybridized carbons (Fsp3) is 0.500. The molecular weight excluding hydrogens is 322 g/mol. The maximum Gasteiger partial charge on any atom is 0.263 e. The van der Waals surface area contributed by atoms with Crippen molar-refractivity contribution in [3.05, 3.63) is 35.6 Å². The number of nitrogens with one attached hydrogen (secondary N) is 1. The zero-order valence-corrected chi connectivity index (χ0v) is 14.9. The number of hydrogen-bond donors (Lipinski definition) is 1. The van der Waals surface area contributed by atoms with Gasteiger partial charge in [0, 0.05) is 37.0 Å². The molecule has 1 fully saturated rings. The van der Waals surface area contributed by atoms with E-state index in [1.54, 1.807) is 18.6 Å². The van der Waals surface area contributed by atoms with E-state index in [9.17, 15) is 4.79 Å². The average molecular weight is 345 g/mol. The molecule has 6 heteroatoms. The third-order valence-corrected chi connectivity index (χ3v) is 5.38. The Labute approximate surface area is 146 Å². The third kappa shape index (κ3) is 3.99. The zero-order chi connectivity index (χ0) is 16.9. The number of rotatable bonds is 5. The molecular formula is C18H23N3O2S. The Morgan fingerprint density at radius 2 is 2.21 bits per heavy atom. The first kappa shape index (κ1) is 17.0. The van der Waals surface area contributed by atoms with Crippen LogP contribution in [0.1, 0.15) is 36.4 Å². The van der Waals surface area contributed by atoms with Gasteiger partial charge in [0.05, 0.1) is 12.3 Å². The number of amides is 1. The van der Waals surface area contributed by atoms with E-state index in [1.807, 2.05) is 12.1 Å². The summed E-state index contributed by atoms with van der Waals surface area (Å²) in [5, 5.41) is 3.89. The van der Waals surface area contributed by atoms with E-state index < -0.39 is 0 Å². The molecule has 1 aliphatic rings. The summed E-state index contributed by atoms with van der Waals surface area (Å²) >= 11 is 1.41. The SMILES string of the molecule is CC(C)[C@H]1OCCC[C@H]1CNC(=O)c1cnc(-c2ccncc2)s1. The summed E-state index contributed by atoms with van der Waals surface area (Å²) < 4.78 is 5.88. The topological polar surface area (TPSA) is 64.1 Å². The van der Waals surface area contributed by atoms with Gasteiger partial charge in [0.15, 0.2) is 0 Å². The van der Waals surface area contributed by atoms with Gasteiger partial charge < -0.3 is 10.1 Å². The number of nitrogens with zero attached hydrogens (tertiary/aromatic N) is 2. The van der Waals surface area contributed by atoms with Crippen molar-refractivity contribution < 1.29 is 9.53 Å². The number of ether oxygens (including phenoxy) is 1. The van der Waals surface area contributed by atoms with Crippen LogP contribution >= 0.6 is 11.3 Å². The highest BCUT2D eigenvalue weighted by molar-refractivity contribution is 7.16. The van der Waals surface area contributed by atoms with E-state index in [2.05, 4.69) is 29.1 Å². The molecule has 0 spiro atoms. The molecule has 24 heavy (non-hydrogen) atoms. The highest BCUT2D eigenvalue weighted by Crippen LogP contribution is 2.27. The van der Waals surface area contributed by atoms with Gasteiger partial charge in [-0.1, -0.05) is 13.8 Å². The highest BCUT2D eigenvalue weighted by atomic mass is 32.1. The summed E-state index contributed by atoms with van der Waals surface area (Å²) in [6, 6.07) is 3.79. The normalized spacial score (nSPS) is 21.0. The van der Waals surface area contributed by atoms with E-state index in [0.717, 1.165) is 30.0 Å². The second-order valence-corrected chi connectivity index (χ2v) is 7.49. The minimum atomic E-state index is -0.0547. The Bertz CT molecular complexity index is 672. The lowest BCUT2D eigenvalue weighted by Gasteiger charge is -2.34. The van der Waals surface area contributed by atoms with Gasteiger partial charge in [0.1, 0.15) is 9.88 Å². The number of carbonyl (C=O) groups excluding carboxylic acids is 1. The fourth-order valence-corrected chi connectivity index (χ4v) is 3.98. The van der Waals surface area contributed by atoms with Crippen LogP contribution in [-0.4, -0.2) is 35.1 Å². The van der Waals surface area contributed by atoms with Gasteiger partial charge in [-0.15, -0.1) is 11.3 Å². The van der Waals surface area contributed by atoms with Crippen molar-refractivity contribution in [2.45, 2.75) is 32.8 Å². The predicted molar refractivity (Wildman–Crippen MR) is 95.0 cm³/mol. The number of carbonyl (C=O) groups is 1. The van der Waals surface area contributed by atoms with Crippen LogP contribution in [0.4, 0.5) is 0 Å². The van der Waals surface area contributed by atoms with Crippen molar-refractivity contribution in [1.82, 2.24) is 15.3 Å². The maximum absolute atomic E-state index is 12.4. The van der Waals surface area contributed by atoms with Crippen molar-refractivity contribution in [3.8, 4) is 10.6 Å². The molecule has 0 bridgehead atoms. The minimum Gasteiger partial charge on any atom is -0.378 e. The standard InChI is InChI=1S/C18H23N3O2S/c1-12(2)16-14(4-3-9-23-16)10-20-17(22)15-11-21-18(24-15)13-5-7-19-8-6-13/h5-8,11-12,14,16H,3-4,9-10H2,1-2H3,(H,20,22)/t14-,16+/m0/s1. The van der Waals surface area contributed by atoms with Gasteiger partial charge in [-0.25, -0.2) is 4.98 Å².